The summed E-state index contributed by atoms with van der Waals surface area (Å²) < 4.78 is 43.3. The first-order chi connectivity index (χ1) is 18.9. The fourth-order valence-electron chi connectivity index (χ4n) is 4.10. The Kier molecular flexibility index (Phi) is 9.98. The summed E-state index contributed by atoms with van der Waals surface area (Å²) in [5.74, 6) is -6.79. The molecule has 40 heavy (non-hydrogen) atoms. The molecule has 0 bridgehead atoms. The average molecular weight is 565 g/mol. The van der Waals surface area contributed by atoms with Gasteiger partial charge in [-0.2, -0.15) is 5.10 Å². The molecular weight excluding hydrogens is 537 g/mol. The van der Waals surface area contributed by atoms with Crippen LogP contribution < -0.4 is 10.6 Å². The molecule has 2 heterocycles. The number of nitrogens with one attached hydrogen (secondary N) is 2. The number of aromatic nitrogens is 2. The molecule has 2 aromatic carbocycles. The first kappa shape index (κ1) is 30.3. The van der Waals surface area contributed by atoms with E-state index in [0.717, 1.165) is 12.1 Å². The Bertz CT molecular complexity index is 1370. The van der Waals surface area contributed by atoms with Gasteiger partial charge in [-0.25, -0.2) is 22.8 Å². The Morgan fingerprint density at radius 3 is 2.20 bits per heavy atom. The van der Waals surface area contributed by atoms with Crippen molar-refractivity contribution < 1.29 is 48.0 Å². The number of rotatable bonds is 7. The van der Waals surface area contributed by atoms with Gasteiger partial charge in [0.1, 0.15) is 5.82 Å². The molecule has 6 N–H and O–H groups in total. The summed E-state index contributed by atoms with van der Waals surface area (Å²) in [4.78, 5) is 32.3. The molecule has 214 valence electrons. The number of carbonyl (C=O) groups is 3. The summed E-state index contributed by atoms with van der Waals surface area (Å²) in [6.45, 7) is 1.13. The number of hydrogen-bond donors (Lipinski definition) is 6. The van der Waals surface area contributed by atoms with E-state index < -0.39 is 47.5 Å². The second-order valence-electron chi connectivity index (χ2n) is 8.99. The molecule has 1 aliphatic heterocycles. The Hall–Kier alpha value is -4.27. The highest BCUT2D eigenvalue weighted by Gasteiger charge is 2.30. The number of amides is 1. The normalized spacial score (nSPS) is 18.1. The predicted molar refractivity (Wildman–Crippen MR) is 134 cm³/mol. The van der Waals surface area contributed by atoms with Gasteiger partial charge < -0.3 is 31.1 Å². The number of nitrogens with zero attached hydrogens (tertiary/aromatic N) is 2. The molecule has 3 aromatic rings. The van der Waals surface area contributed by atoms with E-state index in [9.17, 15) is 27.6 Å². The maximum absolute atomic E-state index is 14.7. The lowest BCUT2D eigenvalue weighted by molar-refractivity contribution is -0.165. The zero-order chi connectivity index (χ0) is 29.6. The summed E-state index contributed by atoms with van der Waals surface area (Å²) in [5, 5.41) is 42.8. The second kappa shape index (κ2) is 13.2. The molecule has 0 spiro atoms. The monoisotopic (exact) mass is 564 g/mol. The largest absolute Gasteiger partial charge is 0.479 e. The fraction of sp³-hybridized carbons (Fsp3) is 0.308. The zero-order valence-corrected chi connectivity index (χ0v) is 21.1. The van der Waals surface area contributed by atoms with Crippen molar-refractivity contribution in [2.45, 2.75) is 30.6 Å². The van der Waals surface area contributed by atoms with Crippen molar-refractivity contribution in [1.29, 1.82) is 0 Å². The van der Waals surface area contributed by atoms with Crippen LogP contribution in [0.25, 0.3) is 11.3 Å². The average Bonchev–Trinajstić information content (AvgIpc) is 3.36. The van der Waals surface area contributed by atoms with Crippen LogP contribution in [0.4, 0.5) is 13.2 Å². The summed E-state index contributed by atoms with van der Waals surface area (Å²) in [6.07, 6.45) is -2.14. The van der Waals surface area contributed by atoms with Gasteiger partial charge in [0.2, 0.25) is 0 Å². The number of aliphatic hydroxyl groups is 2. The molecule has 0 radical (unpaired) electrons. The highest BCUT2D eigenvalue weighted by molar-refractivity contribution is 5.95. The SMILES string of the molecule is Cn1ccc(-c2ccc(C(=O)N[C@@H]3CNCC[C@H]3c3ccc(F)c(F)c3)c(F)c2)n1.O=C(O)[C@@H](O)[C@H](O)C(=O)O. The van der Waals surface area contributed by atoms with Gasteiger partial charge >= 0.3 is 11.9 Å². The summed E-state index contributed by atoms with van der Waals surface area (Å²) >= 11 is 0. The van der Waals surface area contributed by atoms with Crippen molar-refractivity contribution in [3.8, 4) is 11.3 Å². The number of carbonyl (C=O) groups excluding carboxylic acids is 1. The molecule has 1 fully saturated rings. The minimum Gasteiger partial charge on any atom is -0.479 e. The van der Waals surface area contributed by atoms with Crippen molar-refractivity contribution in [2.75, 3.05) is 13.1 Å². The van der Waals surface area contributed by atoms with Crippen LogP contribution in [0.3, 0.4) is 0 Å². The third-order valence-electron chi connectivity index (χ3n) is 6.20. The number of aryl methyl sites for hydroxylation is 1. The van der Waals surface area contributed by atoms with E-state index in [-0.39, 0.29) is 17.5 Å². The van der Waals surface area contributed by atoms with E-state index in [1.54, 1.807) is 30.1 Å². The summed E-state index contributed by atoms with van der Waals surface area (Å²) in [5.41, 5.74) is 1.71. The van der Waals surface area contributed by atoms with Gasteiger partial charge in [-0.3, -0.25) is 9.48 Å². The molecular formula is C26H27F3N4O7. The highest BCUT2D eigenvalue weighted by atomic mass is 19.2. The number of hydrogen-bond acceptors (Lipinski definition) is 7. The van der Waals surface area contributed by atoms with Crippen LogP contribution in [0.5, 0.6) is 0 Å². The van der Waals surface area contributed by atoms with Gasteiger partial charge in [0.15, 0.2) is 23.8 Å². The summed E-state index contributed by atoms with van der Waals surface area (Å²) in [7, 11) is 1.77. The lowest BCUT2D eigenvalue weighted by Crippen LogP contribution is -2.50. The smallest absolute Gasteiger partial charge is 0.335 e. The Labute approximate surface area is 225 Å². The van der Waals surface area contributed by atoms with Gasteiger partial charge in [-0.1, -0.05) is 12.1 Å². The van der Waals surface area contributed by atoms with Crippen LogP contribution in [-0.2, 0) is 16.6 Å². The topological polar surface area (TPSA) is 174 Å². The molecule has 1 aliphatic rings. The third-order valence-corrected chi connectivity index (χ3v) is 6.20. The Balaban J connectivity index is 0.000000378. The van der Waals surface area contributed by atoms with E-state index in [0.29, 0.717) is 36.3 Å². The van der Waals surface area contributed by atoms with Crippen LogP contribution in [-0.4, -0.2) is 79.4 Å². The van der Waals surface area contributed by atoms with E-state index in [4.69, 9.17) is 20.4 Å². The van der Waals surface area contributed by atoms with Crippen LogP contribution in [0, 0.1) is 17.5 Å². The van der Waals surface area contributed by atoms with Crippen LogP contribution in [0.1, 0.15) is 28.3 Å². The van der Waals surface area contributed by atoms with Gasteiger partial charge in [0, 0.05) is 37.3 Å². The number of aliphatic hydroxyl groups excluding tert-OH is 2. The van der Waals surface area contributed by atoms with Gasteiger partial charge in [-0.05, 0) is 48.9 Å². The molecule has 4 atom stereocenters. The maximum Gasteiger partial charge on any atom is 0.335 e. The molecule has 1 amide bonds. The van der Waals surface area contributed by atoms with Gasteiger partial charge in [-0.15, -0.1) is 0 Å². The van der Waals surface area contributed by atoms with E-state index in [1.165, 1.54) is 18.2 Å². The lowest BCUT2D eigenvalue weighted by Gasteiger charge is -2.33. The van der Waals surface area contributed by atoms with Crippen LogP contribution in [0.15, 0.2) is 48.7 Å². The fourth-order valence-corrected chi connectivity index (χ4v) is 4.10. The highest BCUT2D eigenvalue weighted by Crippen LogP contribution is 2.28. The number of benzene rings is 2. The van der Waals surface area contributed by atoms with Crippen molar-refractivity contribution in [3.63, 3.8) is 0 Å². The first-order valence-corrected chi connectivity index (χ1v) is 12.0. The minimum atomic E-state index is -2.27. The number of aliphatic carboxylic acids is 2. The number of halogens is 3. The molecule has 14 heteroatoms. The Morgan fingerprint density at radius 2 is 1.65 bits per heavy atom. The summed E-state index contributed by atoms with van der Waals surface area (Å²) in [6, 6.07) is 9.50. The molecule has 0 aliphatic carbocycles. The molecule has 0 unspecified atom stereocenters. The molecule has 4 rings (SSSR count). The minimum absolute atomic E-state index is 0.0794. The van der Waals surface area contributed by atoms with Gasteiger partial charge in [0.25, 0.3) is 5.91 Å². The van der Waals surface area contributed by atoms with Gasteiger partial charge in [0.05, 0.1) is 11.3 Å². The van der Waals surface area contributed by atoms with Crippen molar-refractivity contribution >= 4 is 17.8 Å². The molecule has 1 saturated heterocycles. The third kappa shape index (κ3) is 7.43. The van der Waals surface area contributed by atoms with Crippen LogP contribution >= 0.6 is 0 Å². The van der Waals surface area contributed by atoms with E-state index in [1.807, 2.05) is 0 Å². The predicted octanol–water partition coefficient (Wildman–Crippen LogP) is 1.26. The van der Waals surface area contributed by atoms with E-state index >= 15 is 0 Å². The molecule has 1 aromatic heterocycles. The number of piperidine rings is 1. The lowest BCUT2D eigenvalue weighted by atomic mass is 9.85. The number of carboxylic acids is 2. The number of carboxylic acid groups (broad SMARTS) is 2. The molecule has 0 saturated carbocycles. The molecule has 11 nitrogen and oxygen atoms in total. The zero-order valence-electron chi connectivity index (χ0n) is 21.1. The maximum atomic E-state index is 14.7. The van der Waals surface area contributed by atoms with E-state index in [2.05, 4.69) is 15.7 Å². The first-order valence-electron chi connectivity index (χ1n) is 12.0. The van der Waals surface area contributed by atoms with Crippen molar-refractivity contribution in [2.24, 2.45) is 7.05 Å². The second-order valence-corrected chi connectivity index (χ2v) is 8.99. The van der Waals surface area contributed by atoms with Crippen molar-refractivity contribution in [1.82, 2.24) is 20.4 Å². The van der Waals surface area contributed by atoms with Crippen molar-refractivity contribution in [3.05, 3.63) is 77.2 Å². The van der Waals surface area contributed by atoms with Crippen LogP contribution in [0.2, 0.25) is 0 Å². The standard InChI is InChI=1S/C22H21F3N4O.C4H6O6/c1-29-9-7-20(28-29)14-2-4-16(18(24)11-14)22(30)27-21-12-26-8-6-15(21)13-3-5-17(23)19(25)10-13;5-1(3(7)8)2(6)4(9)10/h2-5,7,9-11,15,21,26H,6,8,12H2,1H3,(H,27,30);1-2,5-6H,(H,7,8)(H,9,10)/t15-,21+;1-,2-/m00/s1. The Morgan fingerprint density at radius 1 is 0.975 bits per heavy atom. The quantitative estimate of drug-likeness (QED) is 0.247.